The quantitative estimate of drug-likeness (QED) is 0.833. The molecule has 0 unspecified atom stereocenters. The van der Waals surface area contributed by atoms with E-state index in [4.69, 9.17) is 9.47 Å². The van der Waals surface area contributed by atoms with Crippen LogP contribution >= 0.6 is 0 Å². The van der Waals surface area contributed by atoms with Gasteiger partial charge in [0.05, 0.1) is 0 Å². The molecule has 8 heteroatoms. The summed E-state index contributed by atoms with van der Waals surface area (Å²) in [5, 5.41) is 2.58. The highest BCUT2D eigenvalue weighted by molar-refractivity contribution is 5.77. The topological polar surface area (TPSA) is 88.2 Å². The molecular formula is C20H29N3O5. The first kappa shape index (κ1) is 21.5. The normalized spacial score (nSPS) is 14.4. The highest BCUT2D eigenvalue weighted by Crippen LogP contribution is 2.12. The molecule has 1 aliphatic rings. The van der Waals surface area contributed by atoms with Crippen LogP contribution in [-0.2, 0) is 20.9 Å². The molecule has 0 aromatic heterocycles. The van der Waals surface area contributed by atoms with Gasteiger partial charge in [-0.2, -0.15) is 0 Å². The highest BCUT2D eigenvalue weighted by Gasteiger charge is 2.27. The molecule has 1 N–H and O–H groups in total. The third-order valence-corrected chi connectivity index (χ3v) is 4.11. The Hall–Kier alpha value is -2.77. The van der Waals surface area contributed by atoms with Crippen LogP contribution in [0.5, 0.6) is 0 Å². The number of nitrogens with one attached hydrogen (secondary N) is 1. The summed E-state index contributed by atoms with van der Waals surface area (Å²) in [5.41, 5.74) is 0.363. The van der Waals surface area contributed by atoms with Crippen molar-refractivity contribution in [3.05, 3.63) is 35.9 Å². The molecule has 1 aromatic carbocycles. The number of piperazine rings is 1. The molecule has 8 nitrogen and oxygen atoms in total. The summed E-state index contributed by atoms with van der Waals surface area (Å²) in [6.45, 7) is 7.65. The Bertz CT molecular complexity index is 664. The molecule has 0 spiro atoms. The van der Waals surface area contributed by atoms with Gasteiger partial charge in [0, 0.05) is 39.1 Å². The average molecular weight is 391 g/mol. The van der Waals surface area contributed by atoms with Crippen molar-refractivity contribution in [2.24, 2.45) is 0 Å². The Labute approximate surface area is 165 Å². The molecule has 0 saturated carbocycles. The molecule has 1 heterocycles. The SMILES string of the molecule is CC(C)(C)OC(=O)N1CCN(C(=O)CCNC(=O)OCc2ccccc2)CC1. The van der Waals surface area contributed by atoms with Crippen molar-refractivity contribution < 1.29 is 23.9 Å². The lowest BCUT2D eigenvalue weighted by Gasteiger charge is -2.35. The first-order valence-electron chi connectivity index (χ1n) is 9.45. The number of hydrogen-bond donors (Lipinski definition) is 1. The predicted molar refractivity (Wildman–Crippen MR) is 104 cm³/mol. The largest absolute Gasteiger partial charge is 0.445 e. The van der Waals surface area contributed by atoms with Crippen molar-refractivity contribution in [2.75, 3.05) is 32.7 Å². The lowest BCUT2D eigenvalue weighted by molar-refractivity contribution is -0.132. The number of amides is 3. The van der Waals surface area contributed by atoms with Gasteiger partial charge in [0.25, 0.3) is 0 Å². The summed E-state index contributed by atoms with van der Waals surface area (Å²) in [5.74, 6) is -0.0628. The van der Waals surface area contributed by atoms with E-state index in [0.717, 1.165) is 5.56 Å². The minimum atomic E-state index is -0.550. The second-order valence-corrected chi connectivity index (χ2v) is 7.59. The van der Waals surface area contributed by atoms with Gasteiger partial charge in [0.2, 0.25) is 5.91 Å². The van der Waals surface area contributed by atoms with Gasteiger partial charge in [-0.15, -0.1) is 0 Å². The first-order valence-corrected chi connectivity index (χ1v) is 9.45. The van der Waals surface area contributed by atoms with E-state index in [0.29, 0.717) is 26.2 Å². The zero-order chi connectivity index (χ0) is 20.6. The van der Waals surface area contributed by atoms with Gasteiger partial charge in [-0.25, -0.2) is 9.59 Å². The molecule has 154 valence electrons. The van der Waals surface area contributed by atoms with Crippen LogP contribution in [0.3, 0.4) is 0 Å². The number of nitrogens with zero attached hydrogens (tertiary/aromatic N) is 2. The smallest absolute Gasteiger partial charge is 0.410 e. The molecule has 0 bridgehead atoms. The standard InChI is InChI=1S/C20H29N3O5/c1-20(2,3)28-19(26)23-13-11-22(12-14-23)17(24)9-10-21-18(25)27-15-16-7-5-4-6-8-16/h4-8H,9-15H2,1-3H3,(H,21,25). The van der Waals surface area contributed by atoms with Crippen LogP contribution in [0.15, 0.2) is 30.3 Å². The summed E-state index contributed by atoms with van der Waals surface area (Å²) in [7, 11) is 0. The van der Waals surface area contributed by atoms with Crippen LogP contribution in [0.4, 0.5) is 9.59 Å². The zero-order valence-corrected chi connectivity index (χ0v) is 16.8. The molecule has 0 aliphatic carbocycles. The first-order chi connectivity index (χ1) is 13.2. The predicted octanol–water partition coefficient (Wildman–Crippen LogP) is 2.38. The Morgan fingerprint density at radius 3 is 2.21 bits per heavy atom. The van der Waals surface area contributed by atoms with E-state index in [9.17, 15) is 14.4 Å². The monoisotopic (exact) mass is 391 g/mol. The van der Waals surface area contributed by atoms with Crippen molar-refractivity contribution in [3.8, 4) is 0 Å². The van der Waals surface area contributed by atoms with Crippen LogP contribution in [-0.4, -0.2) is 66.2 Å². The number of rotatable bonds is 5. The van der Waals surface area contributed by atoms with E-state index in [2.05, 4.69) is 5.32 Å². The van der Waals surface area contributed by atoms with Gasteiger partial charge in [-0.1, -0.05) is 30.3 Å². The third-order valence-electron chi connectivity index (χ3n) is 4.11. The Kier molecular flexibility index (Phi) is 7.66. The van der Waals surface area contributed by atoms with E-state index < -0.39 is 11.7 Å². The summed E-state index contributed by atoms with van der Waals surface area (Å²) < 4.78 is 10.4. The summed E-state index contributed by atoms with van der Waals surface area (Å²) in [6.07, 6.45) is -0.721. The van der Waals surface area contributed by atoms with Crippen molar-refractivity contribution >= 4 is 18.1 Å². The molecule has 1 aromatic rings. The molecule has 1 saturated heterocycles. The van der Waals surface area contributed by atoms with E-state index >= 15 is 0 Å². The van der Waals surface area contributed by atoms with Gasteiger partial charge < -0.3 is 24.6 Å². The maximum Gasteiger partial charge on any atom is 0.410 e. The van der Waals surface area contributed by atoms with Crippen LogP contribution in [0, 0.1) is 0 Å². The maximum atomic E-state index is 12.3. The zero-order valence-electron chi connectivity index (χ0n) is 16.8. The van der Waals surface area contributed by atoms with E-state index in [1.807, 2.05) is 51.1 Å². The molecule has 0 radical (unpaired) electrons. The van der Waals surface area contributed by atoms with Gasteiger partial charge >= 0.3 is 12.2 Å². The fourth-order valence-corrected chi connectivity index (χ4v) is 2.67. The summed E-state index contributed by atoms with van der Waals surface area (Å²) in [4.78, 5) is 39.3. The van der Waals surface area contributed by atoms with Crippen molar-refractivity contribution in [1.29, 1.82) is 0 Å². The number of alkyl carbamates (subject to hydrolysis) is 1. The number of ether oxygens (including phenoxy) is 2. The van der Waals surface area contributed by atoms with Crippen LogP contribution in [0.1, 0.15) is 32.8 Å². The Morgan fingerprint density at radius 2 is 1.61 bits per heavy atom. The highest BCUT2D eigenvalue weighted by atomic mass is 16.6. The molecule has 2 rings (SSSR count). The third kappa shape index (κ3) is 7.46. The van der Waals surface area contributed by atoms with Crippen molar-refractivity contribution in [2.45, 2.75) is 39.4 Å². The van der Waals surface area contributed by atoms with E-state index in [-0.39, 0.29) is 31.6 Å². The van der Waals surface area contributed by atoms with Crippen LogP contribution < -0.4 is 5.32 Å². The molecular weight excluding hydrogens is 362 g/mol. The van der Waals surface area contributed by atoms with E-state index in [1.165, 1.54) is 0 Å². The Balaban J connectivity index is 1.62. The number of benzene rings is 1. The van der Waals surface area contributed by atoms with Gasteiger partial charge in [0.15, 0.2) is 0 Å². The Morgan fingerprint density at radius 1 is 1.00 bits per heavy atom. The van der Waals surface area contributed by atoms with Crippen molar-refractivity contribution in [1.82, 2.24) is 15.1 Å². The lowest BCUT2D eigenvalue weighted by Crippen LogP contribution is -2.52. The second kappa shape index (κ2) is 9.96. The second-order valence-electron chi connectivity index (χ2n) is 7.59. The average Bonchev–Trinajstić information content (AvgIpc) is 2.66. The summed E-state index contributed by atoms with van der Waals surface area (Å²) >= 11 is 0. The van der Waals surface area contributed by atoms with Crippen LogP contribution in [0.25, 0.3) is 0 Å². The minimum absolute atomic E-state index is 0.0628. The van der Waals surface area contributed by atoms with Gasteiger partial charge in [-0.05, 0) is 26.3 Å². The minimum Gasteiger partial charge on any atom is -0.445 e. The fourth-order valence-electron chi connectivity index (χ4n) is 2.67. The maximum absolute atomic E-state index is 12.3. The van der Waals surface area contributed by atoms with Gasteiger partial charge in [-0.3, -0.25) is 4.79 Å². The van der Waals surface area contributed by atoms with Gasteiger partial charge in [0.1, 0.15) is 12.2 Å². The number of hydrogen-bond acceptors (Lipinski definition) is 5. The number of carbonyl (C=O) groups is 3. The molecule has 1 aliphatic heterocycles. The lowest BCUT2D eigenvalue weighted by atomic mass is 10.2. The van der Waals surface area contributed by atoms with Crippen LogP contribution in [0.2, 0.25) is 0 Å². The molecule has 28 heavy (non-hydrogen) atoms. The molecule has 0 atom stereocenters. The molecule has 1 fully saturated rings. The van der Waals surface area contributed by atoms with E-state index in [1.54, 1.807) is 9.80 Å². The van der Waals surface area contributed by atoms with Crippen molar-refractivity contribution in [3.63, 3.8) is 0 Å². The molecule has 3 amide bonds. The summed E-state index contributed by atoms with van der Waals surface area (Å²) in [6, 6.07) is 9.37. The fraction of sp³-hybridized carbons (Fsp3) is 0.550. The number of carbonyl (C=O) groups excluding carboxylic acids is 3.